The van der Waals surface area contributed by atoms with Crippen molar-refractivity contribution in [2.24, 2.45) is 5.92 Å². The molecule has 0 unspecified atom stereocenters. The van der Waals surface area contributed by atoms with Crippen molar-refractivity contribution in [3.8, 4) is 0 Å². The van der Waals surface area contributed by atoms with Gasteiger partial charge in [-0.2, -0.15) is 0 Å². The summed E-state index contributed by atoms with van der Waals surface area (Å²) in [4.78, 5) is 26.9. The highest BCUT2D eigenvalue weighted by Gasteiger charge is 2.29. The molecule has 0 aromatic carbocycles. The van der Waals surface area contributed by atoms with Crippen LogP contribution in [0.15, 0.2) is 0 Å². The van der Waals surface area contributed by atoms with Crippen LogP contribution in [0.1, 0.15) is 25.7 Å². The summed E-state index contributed by atoms with van der Waals surface area (Å²) >= 11 is 0. The fraction of sp³-hybridized carbons (Fsp3) is 0.846. The minimum Gasteiger partial charge on any atom is -0.393 e. The van der Waals surface area contributed by atoms with Gasteiger partial charge in [-0.15, -0.1) is 0 Å². The Balaban J connectivity index is 1.68. The molecule has 1 aliphatic heterocycles. The van der Waals surface area contributed by atoms with Crippen molar-refractivity contribution < 1.29 is 14.7 Å². The SMILES string of the molecule is CN(CC(=O)N1CCC(=O)CC1)CC1CC(O)C1. The van der Waals surface area contributed by atoms with Gasteiger partial charge in [-0.1, -0.05) is 0 Å². The third kappa shape index (κ3) is 3.53. The molecule has 0 atom stereocenters. The lowest BCUT2D eigenvalue weighted by Gasteiger charge is -2.35. The van der Waals surface area contributed by atoms with Gasteiger partial charge in [0.1, 0.15) is 5.78 Å². The highest BCUT2D eigenvalue weighted by molar-refractivity contribution is 5.84. The monoisotopic (exact) mass is 254 g/mol. The maximum Gasteiger partial charge on any atom is 0.236 e. The molecule has 2 aliphatic rings. The summed E-state index contributed by atoms with van der Waals surface area (Å²) in [6.07, 6.45) is 2.59. The van der Waals surface area contributed by atoms with Crippen molar-refractivity contribution in [2.45, 2.75) is 31.8 Å². The minimum absolute atomic E-state index is 0.116. The maximum absolute atomic E-state index is 12.0. The van der Waals surface area contributed by atoms with Gasteiger partial charge in [-0.3, -0.25) is 14.5 Å². The van der Waals surface area contributed by atoms with Gasteiger partial charge in [0.05, 0.1) is 12.6 Å². The Hall–Kier alpha value is -0.940. The van der Waals surface area contributed by atoms with Gasteiger partial charge in [0, 0.05) is 32.5 Å². The number of ketones is 1. The van der Waals surface area contributed by atoms with Gasteiger partial charge >= 0.3 is 0 Å². The fourth-order valence-corrected chi connectivity index (χ4v) is 2.69. The number of likely N-dealkylation sites (N-methyl/N-ethyl adjacent to an activating group) is 1. The first kappa shape index (κ1) is 13.5. The first-order valence-electron chi connectivity index (χ1n) is 6.70. The van der Waals surface area contributed by atoms with E-state index in [1.54, 1.807) is 4.90 Å². The number of nitrogens with zero attached hydrogens (tertiary/aromatic N) is 2. The zero-order chi connectivity index (χ0) is 13.1. The Morgan fingerprint density at radius 2 is 2.00 bits per heavy atom. The number of aliphatic hydroxyl groups excluding tert-OH is 1. The van der Waals surface area contributed by atoms with Crippen LogP contribution in [-0.2, 0) is 9.59 Å². The summed E-state index contributed by atoms with van der Waals surface area (Å²) < 4.78 is 0. The summed E-state index contributed by atoms with van der Waals surface area (Å²) in [5, 5.41) is 9.22. The smallest absolute Gasteiger partial charge is 0.236 e. The van der Waals surface area contributed by atoms with Gasteiger partial charge in [0.25, 0.3) is 0 Å². The highest BCUT2D eigenvalue weighted by atomic mass is 16.3. The van der Waals surface area contributed by atoms with Gasteiger partial charge in [-0.25, -0.2) is 0 Å². The topological polar surface area (TPSA) is 60.9 Å². The van der Waals surface area contributed by atoms with Gasteiger partial charge < -0.3 is 10.0 Å². The van der Waals surface area contributed by atoms with Crippen LogP contribution in [0.4, 0.5) is 0 Å². The van der Waals surface area contributed by atoms with E-state index in [9.17, 15) is 14.7 Å². The summed E-state index contributed by atoms with van der Waals surface area (Å²) in [5.41, 5.74) is 0. The standard InChI is InChI=1S/C13H22N2O3/c1-14(8-10-6-12(17)7-10)9-13(18)15-4-2-11(16)3-5-15/h10,12,17H,2-9H2,1H3. The zero-order valence-electron chi connectivity index (χ0n) is 11.0. The van der Waals surface area contributed by atoms with Crippen molar-refractivity contribution in [2.75, 3.05) is 33.2 Å². The van der Waals surface area contributed by atoms with Crippen LogP contribution < -0.4 is 0 Å². The molecular formula is C13H22N2O3. The lowest BCUT2D eigenvalue weighted by molar-refractivity contribution is -0.135. The number of carbonyl (C=O) groups excluding carboxylic acids is 2. The second-order valence-corrected chi connectivity index (χ2v) is 5.61. The number of hydrogen-bond acceptors (Lipinski definition) is 4. The van der Waals surface area contributed by atoms with E-state index in [0.717, 1.165) is 19.4 Å². The van der Waals surface area contributed by atoms with Crippen molar-refractivity contribution >= 4 is 11.7 Å². The molecular weight excluding hydrogens is 232 g/mol. The van der Waals surface area contributed by atoms with Crippen LogP contribution in [0.25, 0.3) is 0 Å². The van der Waals surface area contributed by atoms with Crippen molar-refractivity contribution in [1.29, 1.82) is 0 Å². The molecule has 1 aliphatic carbocycles. The fourth-order valence-electron chi connectivity index (χ4n) is 2.69. The molecule has 1 saturated carbocycles. The number of hydrogen-bond donors (Lipinski definition) is 1. The largest absolute Gasteiger partial charge is 0.393 e. The zero-order valence-corrected chi connectivity index (χ0v) is 11.0. The van der Waals surface area contributed by atoms with E-state index in [2.05, 4.69) is 0 Å². The summed E-state index contributed by atoms with van der Waals surface area (Å²) in [7, 11) is 1.94. The van der Waals surface area contributed by atoms with Crippen LogP contribution >= 0.6 is 0 Å². The van der Waals surface area contributed by atoms with E-state index in [4.69, 9.17) is 0 Å². The number of piperidine rings is 1. The molecule has 0 bridgehead atoms. The lowest BCUT2D eigenvalue weighted by atomic mass is 9.82. The van der Waals surface area contributed by atoms with Crippen molar-refractivity contribution in [3.63, 3.8) is 0 Å². The third-order valence-electron chi connectivity index (χ3n) is 3.86. The molecule has 18 heavy (non-hydrogen) atoms. The highest BCUT2D eigenvalue weighted by Crippen LogP contribution is 2.27. The average Bonchev–Trinajstić information content (AvgIpc) is 2.27. The first-order valence-corrected chi connectivity index (χ1v) is 6.70. The van der Waals surface area contributed by atoms with Gasteiger partial charge in [0.2, 0.25) is 5.91 Å². The quantitative estimate of drug-likeness (QED) is 0.760. The molecule has 0 spiro atoms. The summed E-state index contributed by atoms with van der Waals surface area (Å²) in [6.45, 7) is 2.44. The molecule has 5 nitrogen and oxygen atoms in total. The van der Waals surface area contributed by atoms with E-state index >= 15 is 0 Å². The summed E-state index contributed by atoms with van der Waals surface area (Å²) in [6, 6.07) is 0. The Labute approximate surface area is 108 Å². The number of Topliss-reactive ketones (excluding diaryl/α,β-unsaturated/α-hetero) is 1. The molecule has 0 aromatic heterocycles. The number of aliphatic hydroxyl groups is 1. The van der Waals surface area contributed by atoms with Gasteiger partial charge in [0.15, 0.2) is 0 Å². The molecule has 0 radical (unpaired) electrons. The van der Waals surface area contributed by atoms with Crippen LogP contribution in [0.3, 0.4) is 0 Å². The van der Waals surface area contributed by atoms with E-state index in [1.807, 2.05) is 11.9 Å². The van der Waals surface area contributed by atoms with Crippen molar-refractivity contribution in [1.82, 2.24) is 9.80 Å². The third-order valence-corrected chi connectivity index (χ3v) is 3.86. The Bertz CT molecular complexity index is 316. The van der Waals surface area contributed by atoms with E-state index in [1.165, 1.54) is 0 Å². The van der Waals surface area contributed by atoms with Crippen LogP contribution in [0.2, 0.25) is 0 Å². The summed E-state index contributed by atoms with van der Waals surface area (Å²) in [5.74, 6) is 0.904. The molecule has 1 N–H and O–H groups in total. The number of amides is 1. The van der Waals surface area contributed by atoms with E-state index < -0.39 is 0 Å². The minimum atomic E-state index is -0.132. The number of carbonyl (C=O) groups is 2. The van der Waals surface area contributed by atoms with Crippen LogP contribution in [-0.4, -0.2) is 65.9 Å². The number of rotatable bonds is 4. The van der Waals surface area contributed by atoms with E-state index in [0.29, 0.717) is 38.4 Å². The normalized spacial score (nSPS) is 28.4. The number of likely N-dealkylation sites (tertiary alicyclic amines) is 1. The molecule has 2 fully saturated rings. The second kappa shape index (κ2) is 5.80. The maximum atomic E-state index is 12.0. The lowest BCUT2D eigenvalue weighted by Crippen LogP contribution is -2.45. The Morgan fingerprint density at radius 1 is 1.39 bits per heavy atom. The van der Waals surface area contributed by atoms with Crippen molar-refractivity contribution in [3.05, 3.63) is 0 Å². The van der Waals surface area contributed by atoms with E-state index in [-0.39, 0.29) is 17.8 Å². The van der Waals surface area contributed by atoms with Crippen LogP contribution in [0, 0.1) is 5.92 Å². The molecule has 102 valence electrons. The first-order chi connectivity index (χ1) is 8.54. The Kier molecular flexibility index (Phi) is 4.35. The predicted octanol–water partition coefficient (Wildman–Crippen LogP) is -0.119. The van der Waals surface area contributed by atoms with Gasteiger partial charge in [-0.05, 0) is 25.8 Å². The Morgan fingerprint density at radius 3 is 2.56 bits per heavy atom. The average molecular weight is 254 g/mol. The molecule has 1 heterocycles. The molecule has 0 aromatic rings. The predicted molar refractivity (Wildman–Crippen MR) is 67.0 cm³/mol. The molecule has 1 amide bonds. The second-order valence-electron chi connectivity index (χ2n) is 5.61. The van der Waals surface area contributed by atoms with Crippen LogP contribution in [0.5, 0.6) is 0 Å². The molecule has 1 saturated heterocycles. The molecule has 5 heteroatoms. The molecule has 2 rings (SSSR count).